The van der Waals surface area contributed by atoms with E-state index in [1.165, 1.54) is 0 Å². The molecule has 0 N–H and O–H groups in total. The van der Waals surface area contributed by atoms with Gasteiger partial charge in [0.25, 0.3) is 0 Å². The summed E-state index contributed by atoms with van der Waals surface area (Å²) in [5, 5.41) is 0.542. The highest BCUT2D eigenvalue weighted by molar-refractivity contribution is 6.32. The van der Waals surface area contributed by atoms with Crippen LogP contribution in [0.2, 0.25) is 5.02 Å². The van der Waals surface area contributed by atoms with Crippen LogP contribution in [0, 0.1) is 0 Å². The lowest BCUT2D eigenvalue weighted by Gasteiger charge is -2.11. The van der Waals surface area contributed by atoms with Crippen molar-refractivity contribution >= 4 is 11.6 Å². The molecule has 0 aliphatic heterocycles. The lowest BCUT2D eigenvalue weighted by atomic mass is 10.0. The standard InChI is InChI=1S/C14H15ClN2O/c1-3-13-11(10-5-7-16-8-6-10)9-12(15)14(17-13)18-4-2/h5-9H,3-4H2,1-2H3. The average molecular weight is 263 g/mol. The van der Waals surface area contributed by atoms with E-state index in [4.69, 9.17) is 16.3 Å². The van der Waals surface area contributed by atoms with Crippen LogP contribution in [-0.2, 0) is 6.42 Å². The predicted octanol–water partition coefficient (Wildman–Crippen LogP) is 3.76. The molecule has 0 aromatic carbocycles. The van der Waals surface area contributed by atoms with Crippen LogP contribution in [0.4, 0.5) is 0 Å². The van der Waals surface area contributed by atoms with Gasteiger partial charge in [-0.05, 0) is 37.1 Å². The molecule has 2 aromatic rings. The first kappa shape index (κ1) is 12.8. The van der Waals surface area contributed by atoms with E-state index in [1.54, 1.807) is 12.4 Å². The number of hydrogen-bond acceptors (Lipinski definition) is 3. The maximum atomic E-state index is 6.18. The Morgan fingerprint density at radius 3 is 2.56 bits per heavy atom. The Bertz CT molecular complexity index is 529. The Morgan fingerprint density at radius 1 is 1.22 bits per heavy atom. The quantitative estimate of drug-likeness (QED) is 0.842. The molecule has 0 saturated carbocycles. The molecule has 2 aromatic heterocycles. The molecule has 0 amide bonds. The largest absolute Gasteiger partial charge is 0.477 e. The molecule has 18 heavy (non-hydrogen) atoms. The molecule has 94 valence electrons. The fourth-order valence-corrected chi connectivity index (χ4v) is 2.00. The molecule has 0 bridgehead atoms. The second kappa shape index (κ2) is 5.83. The van der Waals surface area contributed by atoms with Gasteiger partial charge < -0.3 is 4.74 Å². The van der Waals surface area contributed by atoms with Gasteiger partial charge in [0, 0.05) is 18.0 Å². The van der Waals surface area contributed by atoms with E-state index in [9.17, 15) is 0 Å². The molecular weight excluding hydrogens is 248 g/mol. The summed E-state index contributed by atoms with van der Waals surface area (Å²) < 4.78 is 5.41. The third kappa shape index (κ3) is 2.62. The number of pyridine rings is 2. The zero-order valence-corrected chi connectivity index (χ0v) is 11.2. The van der Waals surface area contributed by atoms with Crippen LogP contribution in [0.3, 0.4) is 0 Å². The highest BCUT2D eigenvalue weighted by Gasteiger charge is 2.11. The van der Waals surface area contributed by atoms with Gasteiger partial charge in [0.1, 0.15) is 5.02 Å². The SMILES string of the molecule is CCOc1nc(CC)c(-c2ccncc2)cc1Cl. The smallest absolute Gasteiger partial charge is 0.232 e. The van der Waals surface area contributed by atoms with Gasteiger partial charge in [0.2, 0.25) is 5.88 Å². The van der Waals surface area contributed by atoms with Crippen LogP contribution in [0.25, 0.3) is 11.1 Å². The third-order valence-corrected chi connectivity index (χ3v) is 2.90. The zero-order chi connectivity index (χ0) is 13.0. The molecular formula is C14H15ClN2O. The number of nitrogens with zero attached hydrogens (tertiary/aromatic N) is 2. The van der Waals surface area contributed by atoms with E-state index in [0.717, 1.165) is 23.2 Å². The molecule has 3 nitrogen and oxygen atoms in total. The summed E-state index contributed by atoms with van der Waals surface area (Å²) in [5.74, 6) is 0.508. The summed E-state index contributed by atoms with van der Waals surface area (Å²) in [5.41, 5.74) is 3.08. The summed E-state index contributed by atoms with van der Waals surface area (Å²) in [4.78, 5) is 8.50. The van der Waals surface area contributed by atoms with Gasteiger partial charge in [0.05, 0.1) is 12.3 Å². The number of aryl methyl sites for hydroxylation is 1. The highest BCUT2D eigenvalue weighted by atomic mass is 35.5. The Morgan fingerprint density at radius 2 is 1.94 bits per heavy atom. The second-order valence-electron chi connectivity index (χ2n) is 3.79. The van der Waals surface area contributed by atoms with Crippen molar-refractivity contribution in [1.29, 1.82) is 0 Å². The van der Waals surface area contributed by atoms with E-state index in [-0.39, 0.29) is 0 Å². The van der Waals surface area contributed by atoms with E-state index >= 15 is 0 Å². The molecule has 0 atom stereocenters. The van der Waals surface area contributed by atoms with Crippen molar-refractivity contribution in [3.63, 3.8) is 0 Å². The van der Waals surface area contributed by atoms with Crippen molar-refractivity contribution < 1.29 is 4.74 Å². The van der Waals surface area contributed by atoms with Gasteiger partial charge in [-0.1, -0.05) is 18.5 Å². The second-order valence-corrected chi connectivity index (χ2v) is 4.20. The zero-order valence-electron chi connectivity index (χ0n) is 10.5. The summed E-state index contributed by atoms with van der Waals surface area (Å²) in [6, 6.07) is 5.81. The Kier molecular flexibility index (Phi) is 4.15. The fourth-order valence-electron chi connectivity index (χ4n) is 1.80. The molecule has 0 saturated heterocycles. The number of halogens is 1. The van der Waals surface area contributed by atoms with Crippen molar-refractivity contribution in [2.45, 2.75) is 20.3 Å². The van der Waals surface area contributed by atoms with Gasteiger partial charge in [-0.3, -0.25) is 4.98 Å². The molecule has 0 unspecified atom stereocenters. The van der Waals surface area contributed by atoms with E-state index < -0.39 is 0 Å². The Labute approximate surface area is 112 Å². The molecule has 0 radical (unpaired) electrons. The molecule has 0 aliphatic carbocycles. The minimum absolute atomic E-state index is 0.508. The minimum atomic E-state index is 0.508. The van der Waals surface area contributed by atoms with Gasteiger partial charge in [-0.25, -0.2) is 4.98 Å². The maximum Gasteiger partial charge on any atom is 0.232 e. The number of rotatable bonds is 4. The highest BCUT2D eigenvalue weighted by Crippen LogP contribution is 2.31. The molecule has 0 aliphatic rings. The van der Waals surface area contributed by atoms with Crippen LogP contribution in [0.1, 0.15) is 19.5 Å². The summed E-state index contributed by atoms with van der Waals surface area (Å²) in [6.07, 6.45) is 4.35. The first-order valence-electron chi connectivity index (χ1n) is 5.98. The monoisotopic (exact) mass is 262 g/mol. The van der Waals surface area contributed by atoms with E-state index in [2.05, 4.69) is 16.9 Å². The Hall–Kier alpha value is -1.61. The van der Waals surface area contributed by atoms with Gasteiger partial charge in [0.15, 0.2) is 0 Å². The first-order valence-corrected chi connectivity index (χ1v) is 6.36. The van der Waals surface area contributed by atoms with Gasteiger partial charge in [-0.2, -0.15) is 0 Å². The average Bonchev–Trinajstić information content (AvgIpc) is 2.42. The Balaban J connectivity index is 2.51. The van der Waals surface area contributed by atoms with Crippen LogP contribution in [-0.4, -0.2) is 16.6 Å². The van der Waals surface area contributed by atoms with Gasteiger partial charge >= 0.3 is 0 Å². The summed E-state index contributed by atoms with van der Waals surface area (Å²) >= 11 is 6.18. The first-order chi connectivity index (χ1) is 8.76. The van der Waals surface area contributed by atoms with Crippen molar-refractivity contribution in [1.82, 2.24) is 9.97 Å². The molecule has 2 heterocycles. The van der Waals surface area contributed by atoms with Crippen molar-refractivity contribution in [3.8, 4) is 17.0 Å². The summed E-state index contributed by atoms with van der Waals surface area (Å²) in [6.45, 7) is 4.54. The number of aromatic nitrogens is 2. The van der Waals surface area contributed by atoms with Crippen LogP contribution in [0.5, 0.6) is 5.88 Å². The normalized spacial score (nSPS) is 10.4. The molecule has 2 rings (SSSR count). The van der Waals surface area contributed by atoms with Gasteiger partial charge in [-0.15, -0.1) is 0 Å². The lowest BCUT2D eigenvalue weighted by molar-refractivity contribution is 0.326. The maximum absolute atomic E-state index is 6.18. The molecule has 4 heteroatoms. The summed E-state index contributed by atoms with van der Waals surface area (Å²) in [7, 11) is 0. The third-order valence-electron chi connectivity index (χ3n) is 2.63. The minimum Gasteiger partial charge on any atom is -0.477 e. The molecule has 0 fully saturated rings. The van der Waals surface area contributed by atoms with Crippen molar-refractivity contribution in [3.05, 3.63) is 41.3 Å². The van der Waals surface area contributed by atoms with E-state index in [0.29, 0.717) is 17.5 Å². The van der Waals surface area contributed by atoms with Crippen LogP contribution in [0.15, 0.2) is 30.6 Å². The molecule has 0 spiro atoms. The predicted molar refractivity (Wildman–Crippen MR) is 73.0 cm³/mol. The van der Waals surface area contributed by atoms with Crippen LogP contribution >= 0.6 is 11.6 Å². The number of hydrogen-bond donors (Lipinski definition) is 0. The van der Waals surface area contributed by atoms with E-state index in [1.807, 2.05) is 25.1 Å². The number of ether oxygens (including phenoxy) is 1. The van der Waals surface area contributed by atoms with Crippen LogP contribution < -0.4 is 4.74 Å². The van der Waals surface area contributed by atoms with Crippen molar-refractivity contribution in [2.24, 2.45) is 0 Å². The fraction of sp³-hybridized carbons (Fsp3) is 0.286. The van der Waals surface area contributed by atoms with Crippen molar-refractivity contribution in [2.75, 3.05) is 6.61 Å². The lowest BCUT2D eigenvalue weighted by Crippen LogP contribution is -2.00. The topological polar surface area (TPSA) is 35.0 Å².